The van der Waals surface area contributed by atoms with Gasteiger partial charge >= 0.3 is 6.03 Å². The molecule has 2 saturated heterocycles. The number of urea groups is 1. The standard InChI is InChI=1S/C19H29N5O2/c1-22-11-13-23(14-12-22)19(26)21-20-18(25)17-9-5-6-10-24(17)15-16-7-3-2-4-8-16/h2-4,7-8,17H,5-6,9-15H2,1H3,(H,20,25)(H,21,26)/t17-/m0/s1. The van der Waals surface area contributed by atoms with Crippen LogP contribution < -0.4 is 10.9 Å². The van der Waals surface area contributed by atoms with Crippen LogP contribution in [0.15, 0.2) is 30.3 Å². The Morgan fingerprint density at radius 1 is 1.00 bits per heavy atom. The smallest absolute Gasteiger partial charge is 0.321 e. The molecule has 0 spiro atoms. The first-order valence-corrected chi connectivity index (χ1v) is 9.45. The van der Waals surface area contributed by atoms with E-state index < -0.39 is 0 Å². The van der Waals surface area contributed by atoms with Gasteiger partial charge in [-0.2, -0.15) is 0 Å². The van der Waals surface area contributed by atoms with Crippen molar-refractivity contribution in [3.63, 3.8) is 0 Å². The fourth-order valence-electron chi connectivity index (χ4n) is 3.58. The Morgan fingerprint density at radius 2 is 1.73 bits per heavy atom. The molecule has 1 atom stereocenters. The van der Waals surface area contributed by atoms with Crippen LogP contribution in [0.2, 0.25) is 0 Å². The van der Waals surface area contributed by atoms with Gasteiger partial charge in [-0.15, -0.1) is 0 Å². The molecule has 7 heteroatoms. The third-order valence-corrected chi connectivity index (χ3v) is 5.23. The maximum atomic E-state index is 12.6. The van der Waals surface area contributed by atoms with Crippen LogP contribution in [-0.4, -0.2) is 72.5 Å². The van der Waals surface area contributed by atoms with Crippen LogP contribution in [0.1, 0.15) is 24.8 Å². The fourth-order valence-corrected chi connectivity index (χ4v) is 3.58. The highest BCUT2D eigenvalue weighted by molar-refractivity contribution is 5.84. The van der Waals surface area contributed by atoms with E-state index in [4.69, 9.17) is 0 Å². The Kier molecular flexibility index (Phi) is 6.46. The largest absolute Gasteiger partial charge is 0.336 e. The van der Waals surface area contributed by atoms with Crippen molar-refractivity contribution < 1.29 is 9.59 Å². The highest BCUT2D eigenvalue weighted by Crippen LogP contribution is 2.19. The number of piperazine rings is 1. The zero-order valence-corrected chi connectivity index (χ0v) is 15.5. The lowest BCUT2D eigenvalue weighted by Gasteiger charge is -2.35. The molecule has 3 rings (SSSR count). The molecule has 0 bridgehead atoms. The van der Waals surface area contributed by atoms with Crippen LogP contribution in [0.25, 0.3) is 0 Å². The van der Waals surface area contributed by atoms with Crippen LogP contribution in [0.4, 0.5) is 4.79 Å². The third kappa shape index (κ3) is 4.95. The number of nitrogens with one attached hydrogen (secondary N) is 2. The first-order chi connectivity index (χ1) is 12.6. The lowest BCUT2D eigenvalue weighted by molar-refractivity contribution is -0.128. The van der Waals surface area contributed by atoms with Gasteiger partial charge in [0.05, 0.1) is 6.04 Å². The van der Waals surface area contributed by atoms with E-state index in [0.717, 1.165) is 45.4 Å². The summed E-state index contributed by atoms with van der Waals surface area (Å²) in [5.41, 5.74) is 6.43. The summed E-state index contributed by atoms with van der Waals surface area (Å²) in [6, 6.07) is 9.78. The van der Waals surface area contributed by atoms with E-state index in [1.807, 2.05) is 25.2 Å². The number of hydrogen-bond acceptors (Lipinski definition) is 4. The molecule has 2 heterocycles. The van der Waals surface area contributed by atoms with Crippen LogP contribution in [-0.2, 0) is 11.3 Å². The van der Waals surface area contributed by atoms with Crippen molar-refractivity contribution in [3.05, 3.63) is 35.9 Å². The van der Waals surface area contributed by atoms with Crippen molar-refractivity contribution in [1.82, 2.24) is 25.6 Å². The Morgan fingerprint density at radius 3 is 2.46 bits per heavy atom. The van der Waals surface area contributed by atoms with Gasteiger partial charge in [-0.05, 0) is 32.0 Å². The second kappa shape index (κ2) is 9.00. The molecule has 1 aromatic carbocycles. The third-order valence-electron chi connectivity index (χ3n) is 5.23. The molecule has 1 aromatic rings. The number of carbonyl (C=O) groups excluding carboxylic acids is 2. The average Bonchev–Trinajstić information content (AvgIpc) is 2.67. The Labute approximate surface area is 155 Å². The van der Waals surface area contributed by atoms with Crippen LogP contribution >= 0.6 is 0 Å². The summed E-state index contributed by atoms with van der Waals surface area (Å²) in [6.07, 6.45) is 2.96. The molecule has 2 aliphatic heterocycles. The molecule has 0 saturated carbocycles. The summed E-state index contributed by atoms with van der Waals surface area (Å²) in [5, 5.41) is 0. The van der Waals surface area contributed by atoms with E-state index in [0.29, 0.717) is 13.1 Å². The SMILES string of the molecule is CN1CCN(C(=O)NNC(=O)[C@@H]2CCCCN2Cc2ccccc2)CC1. The van der Waals surface area contributed by atoms with Crippen LogP contribution in [0.5, 0.6) is 0 Å². The molecule has 26 heavy (non-hydrogen) atoms. The van der Waals surface area contributed by atoms with Crippen molar-refractivity contribution in [2.24, 2.45) is 0 Å². The van der Waals surface area contributed by atoms with Crippen molar-refractivity contribution in [2.45, 2.75) is 31.8 Å². The lowest BCUT2D eigenvalue weighted by Crippen LogP contribution is -2.58. The normalized spacial score (nSPS) is 22.0. The summed E-state index contributed by atoms with van der Waals surface area (Å²) in [4.78, 5) is 31.0. The van der Waals surface area contributed by atoms with Gasteiger partial charge in [-0.1, -0.05) is 36.8 Å². The summed E-state index contributed by atoms with van der Waals surface area (Å²) in [5.74, 6) is -0.122. The number of carbonyl (C=O) groups is 2. The average molecular weight is 359 g/mol. The summed E-state index contributed by atoms with van der Waals surface area (Å²) in [7, 11) is 2.04. The highest BCUT2D eigenvalue weighted by Gasteiger charge is 2.29. The Balaban J connectivity index is 1.51. The van der Waals surface area contributed by atoms with Gasteiger partial charge in [0.15, 0.2) is 0 Å². The zero-order valence-electron chi connectivity index (χ0n) is 15.5. The monoisotopic (exact) mass is 359 g/mol. The van der Waals surface area contributed by atoms with E-state index in [2.05, 4.69) is 32.8 Å². The molecule has 3 amide bonds. The second-order valence-corrected chi connectivity index (χ2v) is 7.18. The van der Waals surface area contributed by atoms with Gasteiger partial charge in [0.1, 0.15) is 0 Å². The van der Waals surface area contributed by atoms with Crippen molar-refractivity contribution >= 4 is 11.9 Å². The quantitative estimate of drug-likeness (QED) is 0.791. The van der Waals surface area contributed by atoms with Gasteiger partial charge in [0, 0.05) is 32.7 Å². The molecule has 2 aliphatic rings. The first-order valence-electron chi connectivity index (χ1n) is 9.45. The molecule has 7 nitrogen and oxygen atoms in total. The lowest BCUT2D eigenvalue weighted by atomic mass is 10.0. The molecular formula is C19H29N5O2. The van der Waals surface area contributed by atoms with E-state index in [1.165, 1.54) is 5.56 Å². The van der Waals surface area contributed by atoms with E-state index in [1.54, 1.807) is 4.90 Å². The minimum absolute atomic E-state index is 0.122. The molecular weight excluding hydrogens is 330 g/mol. The highest BCUT2D eigenvalue weighted by atomic mass is 16.2. The number of hydrazine groups is 1. The number of rotatable bonds is 3. The number of hydrogen-bond donors (Lipinski definition) is 2. The topological polar surface area (TPSA) is 67.9 Å². The minimum Gasteiger partial charge on any atom is -0.321 e. The van der Waals surface area contributed by atoms with Crippen molar-refractivity contribution in [1.29, 1.82) is 0 Å². The maximum absolute atomic E-state index is 12.6. The Bertz CT molecular complexity index is 601. The van der Waals surface area contributed by atoms with Crippen LogP contribution in [0, 0.1) is 0 Å². The summed E-state index contributed by atoms with van der Waals surface area (Å²) >= 11 is 0. The van der Waals surface area contributed by atoms with Crippen LogP contribution in [0.3, 0.4) is 0 Å². The van der Waals surface area contributed by atoms with E-state index >= 15 is 0 Å². The maximum Gasteiger partial charge on any atom is 0.336 e. The Hall–Kier alpha value is -2.12. The summed E-state index contributed by atoms with van der Waals surface area (Å²) < 4.78 is 0. The number of piperidine rings is 1. The first kappa shape index (κ1) is 18.7. The number of amides is 3. The number of nitrogens with zero attached hydrogens (tertiary/aromatic N) is 3. The predicted octanol–water partition coefficient (Wildman–Crippen LogP) is 1.03. The van der Waals surface area contributed by atoms with Crippen molar-refractivity contribution in [2.75, 3.05) is 39.8 Å². The van der Waals surface area contributed by atoms with E-state index in [-0.39, 0.29) is 18.0 Å². The van der Waals surface area contributed by atoms with E-state index in [9.17, 15) is 9.59 Å². The molecule has 0 radical (unpaired) electrons. The van der Waals surface area contributed by atoms with Gasteiger partial charge in [0.2, 0.25) is 0 Å². The number of likely N-dealkylation sites (tertiary alicyclic amines) is 1. The molecule has 2 fully saturated rings. The molecule has 0 unspecified atom stereocenters. The molecule has 2 N–H and O–H groups in total. The molecule has 0 aromatic heterocycles. The van der Waals surface area contributed by atoms with Crippen molar-refractivity contribution in [3.8, 4) is 0 Å². The van der Waals surface area contributed by atoms with Gasteiger partial charge in [-0.25, -0.2) is 10.2 Å². The number of likely N-dealkylation sites (N-methyl/N-ethyl adjacent to an activating group) is 1. The zero-order chi connectivity index (χ0) is 18.4. The predicted molar refractivity (Wildman–Crippen MR) is 100 cm³/mol. The van der Waals surface area contributed by atoms with Gasteiger partial charge < -0.3 is 9.80 Å². The fraction of sp³-hybridized carbons (Fsp3) is 0.579. The van der Waals surface area contributed by atoms with Gasteiger partial charge in [-0.3, -0.25) is 15.1 Å². The summed E-state index contributed by atoms with van der Waals surface area (Å²) in [6.45, 7) is 4.73. The molecule has 0 aliphatic carbocycles. The van der Waals surface area contributed by atoms with Gasteiger partial charge in [0.25, 0.3) is 5.91 Å². The number of benzene rings is 1. The second-order valence-electron chi connectivity index (χ2n) is 7.18. The molecule has 142 valence electrons. The minimum atomic E-state index is -0.225.